The summed E-state index contributed by atoms with van der Waals surface area (Å²) in [5, 5.41) is 14.2. The summed E-state index contributed by atoms with van der Waals surface area (Å²) in [7, 11) is 0. The van der Waals surface area contributed by atoms with Crippen LogP contribution in [0.3, 0.4) is 0 Å². The van der Waals surface area contributed by atoms with Gasteiger partial charge in [-0.25, -0.2) is 0 Å². The molecule has 4 rings (SSSR count). The molecule has 1 aliphatic rings. The van der Waals surface area contributed by atoms with Crippen LogP contribution in [0.5, 0.6) is 0 Å². The quantitative estimate of drug-likeness (QED) is 0.567. The van der Waals surface area contributed by atoms with E-state index in [0.29, 0.717) is 17.7 Å². The molecule has 2 aromatic carbocycles. The Hall–Kier alpha value is -3.54. The molecule has 2 heterocycles. The van der Waals surface area contributed by atoms with E-state index in [2.05, 4.69) is 10.3 Å². The number of anilines is 1. The van der Waals surface area contributed by atoms with Crippen molar-refractivity contribution in [3.05, 3.63) is 99.4 Å². The monoisotopic (exact) mass is 359 g/mol. The summed E-state index contributed by atoms with van der Waals surface area (Å²) < 4.78 is 0. The minimum absolute atomic E-state index is 0.0391. The lowest BCUT2D eigenvalue weighted by Gasteiger charge is -2.28. The zero-order chi connectivity index (χ0) is 19.0. The van der Waals surface area contributed by atoms with Gasteiger partial charge in [0.1, 0.15) is 5.41 Å². The van der Waals surface area contributed by atoms with Gasteiger partial charge in [-0.15, -0.1) is 0 Å². The molecule has 1 unspecified atom stereocenters. The maximum absolute atomic E-state index is 13.2. The SMILES string of the molecule is Cc1ccc(C2(Cc3ccccn3)C(=O)Nc3ccc([N+](=O)[O-])cc32)cc1. The number of fused-ring (bicyclic) bond motifs is 1. The molecule has 0 bridgehead atoms. The number of amides is 1. The van der Waals surface area contributed by atoms with Crippen LogP contribution in [0.25, 0.3) is 0 Å². The van der Waals surface area contributed by atoms with Gasteiger partial charge in [-0.1, -0.05) is 35.9 Å². The Morgan fingerprint density at radius 2 is 1.89 bits per heavy atom. The Kier molecular flexibility index (Phi) is 3.96. The highest BCUT2D eigenvalue weighted by Crippen LogP contribution is 2.46. The number of nitrogens with one attached hydrogen (secondary N) is 1. The van der Waals surface area contributed by atoms with Gasteiger partial charge in [0.05, 0.1) is 4.92 Å². The number of carbonyl (C=O) groups excluding carboxylic acids is 1. The van der Waals surface area contributed by atoms with Crippen molar-refractivity contribution in [1.82, 2.24) is 4.98 Å². The summed E-state index contributed by atoms with van der Waals surface area (Å²) in [6.45, 7) is 1.97. The minimum Gasteiger partial charge on any atom is -0.325 e. The number of hydrogen-bond donors (Lipinski definition) is 1. The standard InChI is InChI=1S/C21H17N3O3/c1-14-5-7-15(8-6-14)21(13-16-4-2-3-11-22-16)18-12-17(24(26)27)9-10-19(18)23-20(21)25/h2-12H,13H2,1H3,(H,23,25). The van der Waals surface area contributed by atoms with E-state index in [1.165, 1.54) is 12.1 Å². The van der Waals surface area contributed by atoms with Crippen LogP contribution in [0.4, 0.5) is 11.4 Å². The van der Waals surface area contributed by atoms with Gasteiger partial charge in [-0.05, 0) is 30.7 Å². The second-order valence-electron chi connectivity index (χ2n) is 6.71. The first kappa shape index (κ1) is 16.9. The van der Waals surface area contributed by atoms with E-state index in [4.69, 9.17) is 0 Å². The fraction of sp³-hybridized carbons (Fsp3) is 0.143. The van der Waals surface area contributed by atoms with E-state index < -0.39 is 10.3 Å². The second kappa shape index (κ2) is 6.32. The minimum atomic E-state index is -1.07. The number of non-ortho nitro benzene ring substituents is 1. The third kappa shape index (κ3) is 2.75. The second-order valence-corrected chi connectivity index (χ2v) is 6.71. The Bertz CT molecular complexity index is 1030. The summed E-state index contributed by atoms with van der Waals surface area (Å²) >= 11 is 0. The molecule has 1 aromatic heterocycles. The van der Waals surface area contributed by atoms with E-state index in [-0.39, 0.29) is 11.6 Å². The van der Waals surface area contributed by atoms with Crippen molar-refractivity contribution in [2.24, 2.45) is 0 Å². The smallest absolute Gasteiger partial charge is 0.269 e. The highest BCUT2D eigenvalue weighted by molar-refractivity contribution is 6.09. The van der Waals surface area contributed by atoms with Crippen molar-refractivity contribution in [3.63, 3.8) is 0 Å². The fourth-order valence-corrected chi connectivity index (χ4v) is 3.64. The molecule has 27 heavy (non-hydrogen) atoms. The number of carbonyl (C=O) groups is 1. The van der Waals surface area contributed by atoms with Crippen LogP contribution in [-0.2, 0) is 16.6 Å². The number of benzene rings is 2. The van der Waals surface area contributed by atoms with Crippen LogP contribution in [-0.4, -0.2) is 15.8 Å². The maximum atomic E-state index is 13.2. The van der Waals surface area contributed by atoms with Crippen molar-refractivity contribution < 1.29 is 9.72 Å². The molecule has 0 saturated heterocycles. The Balaban J connectivity index is 1.96. The van der Waals surface area contributed by atoms with Gasteiger partial charge in [0.2, 0.25) is 5.91 Å². The molecule has 6 heteroatoms. The average molecular weight is 359 g/mol. The van der Waals surface area contributed by atoms with Crippen LogP contribution in [0.2, 0.25) is 0 Å². The number of nitro benzene ring substituents is 1. The third-order valence-corrected chi connectivity index (χ3v) is 5.03. The number of nitrogens with zero attached hydrogens (tertiary/aromatic N) is 2. The van der Waals surface area contributed by atoms with E-state index in [0.717, 1.165) is 16.8 Å². The van der Waals surface area contributed by atoms with Gasteiger partial charge in [-0.2, -0.15) is 0 Å². The molecule has 134 valence electrons. The Morgan fingerprint density at radius 1 is 1.11 bits per heavy atom. The van der Waals surface area contributed by atoms with Crippen LogP contribution >= 0.6 is 0 Å². The predicted octanol–water partition coefficient (Wildman–Crippen LogP) is 3.78. The topological polar surface area (TPSA) is 85.1 Å². The number of aryl methyl sites for hydroxylation is 1. The van der Waals surface area contributed by atoms with Gasteiger partial charge in [0.15, 0.2) is 0 Å². The van der Waals surface area contributed by atoms with Crippen molar-refractivity contribution >= 4 is 17.3 Å². The van der Waals surface area contributed by atoms with Crippen molar-refractivity contribution in [1.29, 1.82) is 0 Å². The van der Waals surface area contributed by atoms with Crippen molar-refractivity contribution in [2.75, 3.05) is 5.32 Å². The molecule has 0 radical (unpaired) electrons. The number of nitro groups is 1. The Morgan fingerprint density at radius 3 is 2.56 bits per heavy atom. The summed E-state index contributed by atoms with van der Waals surface area (Å²) in [6, 6.07) is 17.7. The van der Waals surface area contributed by atoms with Gasteiger partial charge in [0.25, 0.3) is 5.69 Å². The predicted molar refractivity (Wildman–Crippen MR) is 102 cm³/mol. The van der Waals surface area contributed by atoms with E-state index in [9.17, 15) is 14.9 Å². The summed E-state index contributed by atoms with van der Waals surface area (Å²) in [6.07, 6.45) is 2.00. The first-order chi connectivity index (χ1) is 13.0. The summed E-state index contributed by atoms with van der Waals surface area (Å²) in [5.74, 6) is -0.201. The molecule has 0 spiro atoms. The molecule has 1 atom stereocenters. The zero-order valence-electron chi connectivity index (χ0n) is 14.7. The van der Waals surface area contributed by atoms with E-state index in [1.54, 1.807) is 12.3 Å². The summed E-state index contributed by atoms with van der Waals surface area (Å²) in [4.78, 5) is 28.5. The Labute approximate surface area is 156 Å². The number of hydrogen-bond acceptors (Lipinski definition) is 4. The molecule has 6 nitrogen and oxygen atoms in total. The van der Waals surface area contributed by atoms with Crippen LogP contribution in [0.15, 0.2) is 66.9 Å². The van der Waals surface area contributed by atoms with Gasteiger partial charge < -0.3 is 5.32 Å². The van der Waals surface area contributed by atoms with E-state index in [1.807, 2.05) is 49.4 Å². The lowest BCUT2D eigenvalue weighted by Crippen LogP contribution is -2.38. The normalized spacial score (nSPS) is 18.0. The molecule has 0 fully saturated rings. The molecule has 1 aliphatic heterocycles. The van der Waals surface area contributed by atoms with E-state index >= 15 is 0 Å². The summed E-state index contributed by atoms with van der Waals surface area (Å²) in [5.41, 5.74) is 2.71. The average Bonchev–Trinajstić information content (AvgIpc) is 2.95. The molecule has 3 aromatic rings. The van der Waals surface area contributed by atoms with Gasteiger partial charge in [-0.3, -0.25) is 19.9 Å². The zero-order valence-corrected chi connectivity index (χ0v) is 14.7. The van der Waals surface area contributed by atoms with Gasteiger partial charge >= 0.3 is 0 Å². The number of pyridine rings is 1. The number of rotatable bonds is 4. The van der Waals surface area contributed by atoms with Crippen LogP contribution < -0.4 is 5.32 Å². The molecule has 1 N–H and O–H groups in total. The van der Waals surface area contributed by atoms with Crippen LogP contribution in [0.1, 0.15) is 22.4 Å². The molecular weight excluding hydrogens is 342 g/mol. The van der Waals surface area contributed by atoms with Crippen molar-refractivity contribution in [3.8, 4) is 0 Å². The molecule has 1 amide bonds. The van der Waals surface area contributed by atoms with Crippen molar-refractivity contribution in [2.45, 2.75) is 18.8 Å². The lowest BCUT2D eigenvalue weighted by molar-refractivity contribution is -0.384. The van der Waals surface area contributed by atoms with Gasteiger partial charge in [0, 0.05) is 41.7 Å². The molecular formula is C21H17N3O3. The first-order valence-corrected chi connectivity index (χ1v) is 8.58. The molecule has 0 saturated carbocycles. The molecule has 0 aliphatic carbocycles. The third-order valence-electron chi connectivity index (χ3n) is 5.03. The largest absolute Gasteiger partial charge is 0.325 e. The fourth-order valence-electron chi connectivity index (χ4n) is 3.64. The van der Waals surface area contributed by atoms with Crippen LogP contribution in [0, 0.1) is 17.0 Å². The maximum Gasteiger partial charge on any atom is 0.269 e. The number of aromatic nitrogens is 1. The first-order valence-electron chi connectivity index (χ1n) is 8.58. The highest BCUT2D eigenvalue weighted by Gasteiger charge is 2.49. The lowest BCUT2D eigenvalue weighted by atomic mass is 9.72. The highest BCUT2D eigenvalue weighted by atomic mass is 16.6.